The number of benzene rings is 4. The number of unbranched alkanes of at least 4 members (excludes halogenated alkanes) is 1. The van der Waals surface area contributed by atoms with E-state index in [1.54, 1.807) is 36.4 Å². The molecule has 0 unspecified atom stereocenters. The Balaban J connectivity index is 1.31. The molecule has 0 heterocycles. The number of fused-ring (bicyclic) bond motifs is 6. The molecule has 302 valence electrons. The summed E-state index contributed by atoms with van der Waals surface area (Å²) in [6, 6.07) is 26.8. The Morgan fingerprint density at radius 2 is 1.14 bits per heavy atom. The predicted molar refractivity (Wildman–Crippen MR) is 209 cm³/mol. The molecule has 2 atom stereocenters. The zero-order valence-corrected chi connectivity index (χ0v) is 31.5. The third-order valence-corrected chi connectivity index (χ3v) is 10.8. The number of ether oxygens (including phenoxy) is 2. The van der Waals surface area contributed by atoms with Crippen LogP contribution in [0.3, 0.4) is 0 Å². The molecular formula is C44H44N2O12. The van der Waals surface area contributed by atoms with Gasteiger partial charge in [0.1, 0.15) is 30.8 Å². The normalized spacial score (nSPS) is 14.2. The molecule has 2 aliphatic carbocycles. The standard InChI is InChI=1S/C44H44N2O12/c47-38(48)22-20-36(41(52)53)45-24-10-9-19-40(51)58-26-44(34-17-7-5-15-31(34)32-16-6-8-18-35(32)44)46(37(42(54)55)21-23-39(49)50)43(56)57-25-33-29-13-3-1-11-27(29)28-12-2-4-14-30(28)33/h1-8,11-18,33,36-37,45H,9-10,19-26H2,(H,47,48)(H,49,50)(H,52,53)(H,54,55)/t36-,37-/m0/s1. The van der Waals surface area contributed by atoms with Gasteiger partial charge in [0.25, 0.3) is 0 Å². The fraction of sp³-hybridized carbons (Fsp3) is 0.318. The molecule has 0 aliphatic heterocycles. The average Bonchev–Trinajstić information content (AvgIpc) is 3.68. The number of carboxylic acids is 4. The van der Waals surface area contributed by atoms with Crippen LogP contribution in [0.1, 0.15) is 73.1 Å². The van der Waals surface area contributed by atoms with Gasteiger partial charge in [0.05, 0.1) is 0 Å². The molecule has 6 rings (SSSR count). The van der Waals surface area contributed by atoms with Crippen LogP contribution in [0.15, 0.2) is 97.1 Å². The number of carboxylic acid groups (broad SMARTS) is 4. The molecular weight excluding hydrogens is 748 g/mol. The summed E-state index contributed by atoms with van der Waals surface area (Å²) < 4.78 is 12.1. The van der Waals surface area contributed by atoms with E-state index in [2.05, 4.69) is 5.32 Å². The minimum absolute atomic E-state index is 0.109. The largest absolute Gasteiger partial charge is 0.481 e. The topological polar surface area (TPSA) is 217 Å². The highest BCUT2D eigenvalue weighted by Gasteiger charge is 2.55. The second-order valence-corrected chi connectivity index (χ2v) is 14.3. The lowest BCUT2D eigenvalue weighted by atomic mass is 9.84. The number of esters is 1. The highest BCUT2D eigenvalue weighted by atomic mass is 16.6. The van der Waals surface area contributed by atoms with Crippen LogP contribution in [0.5, 0.6) is 0 Å². The maximum Gasteiger partial charge on any atom is 0.411 e. The van der Waals surface area contributed by atoms with Crippen LogP contribution in [0.2, 0.25) is 0 Å². The summed E-state index contributed by atoms with van der Waals surface area (Å²) in [4.78, 5) is 77.0. The van der Waals surface area contributed by atoms with Crippen molar-refractivity contribution in [2.75, 3.05) is 19.8 Å². The zero-order valence-electron chi connectivity index (χ0n) is 31.5. The number of carbonyl (C=O) groups excluding carboxylic acids is 2. The van der Waals surface area contributed by atoms with Gasteiger partial charge < -0.3 is 35.2 Å². The van der Waals surface area contributed by atoms with Crippen molar-refractivity contribution in [3.8, 4) is 22.3 Å². The minimum atomic E-state index is -1.77. The summed E-state index contributed by atoms with van der Waals surface area (Å²) in [6.45, 7) is -0.510. The number of aliphatic carboxylic acids is 4. The van der Waals surface area contributed by atoms with Crippen molar-refractivity contribution in [2.24, 2.45) is 0 Å². The number of hydrogen-bond donors (Lipinski definition) is 5. The van der Waals surface area contributed by atoms with Crippen LogP contribution < -0.4 is 5.32 Å². The minimum Gasteiger partial charge on any atom is -0.481 e. The first-order chi connectivity index (χ1) is 27.9. The van der Waals surface area contributed by atoms with Gasteiger partial charge in [-0.3, -0.25) is 24.1 Å². The Morgan fingerprint density at radius 1 is 0.621 bits per heavy atom. The summed E-state index contributed by atoms with van der Waals surface area (Å²) in [6.07, 6.45) is -2.03. The van der Waals surface area contributed by atoms with Crippen LogP contribution in [0.4, 0.5) is 4.79 Å². The van der Waals surface area contributed by atoms with Crippen molar-refractivity contribution in [2.45, 2.75) is 68.5 Å². The monoisotopic (exact) mass is 792 g/mol. The van der Waals surface area contributed by atoms with Gasteiger partial charge in [-0.25, -0.2) is 9.59 Å². The van der Waals surface area contributed by atoms with Crippen LogP contribution in [0, 0.1) is 0 Å². The molecule has 0 bridgehead atoms. The molecule has 14 nitrogen and oxygen atoms in total. The number of nitrogens with one attached hydrogen (secondary N) is 1. The highest BCUT2D eigenvalue weighted by Crippen LogP contribution is 2.52. The molecule has 0 saturated carbocycles. The van der Waals surface area contributed by atoms with Crippen molar-refractivity contribution in [3.63, 3.8) is 0 Å². The average molecular weight is 793 g/mol. The van der Waals surface area contributed by atoms with Crippen LogP contribution in [0.25, 0.3) is 22.3 Å². The van der Waals surface area contributed by atoms with Gasteiger partial charge in [0.2, 0.25) is 0 Å². The Labute approximate surface area is 334 Å². The molecule has 0 aromatic heterocycles. The van der Waals surface area contributed by atoms with E-state index in [1.165, 1.54) is 0 Å². The SMILES string of the molecule is O=C(O)CC[C@H](NCCCCC(=O)OCC1(N(C(=O)OCC2c3ccccc3-c3ccccc32)[C@@H](CCC(=O)O)C(=O)O)c2ccccc2-c2ccccc21)C(=O)O. The maximum absolute atomic E-state index is 14.9. The van der Waals surface area contributed by atoms with E-state index in [9.17, 15) is 44.1 Å². The Bertz CT molecular complexity index is 2110. The van der Waals surface area contributed by atoms with Crippen molar-refractivity contribution >= 4 is 35.9 Å². The van der Waals surface area contributed by atoms with Crippen molar-refractivity contribution < 1.29 is 58.7 Å². The molecule has 0 radical (unpaired) electrons. The first kappa shape index (κ1) is 41.1. The van der Waals surface area contributed by atoms with Crippen molar-refractivity contribution in [1.29, 1.82) is 0 Å². The lowest BCUT2D eigenvalue weighted by Crippen LogP contribution is -2.59. The third kappa shape index (κ3) is 8.56. The van der Waals surface area contributed by atoms with Crippen LogP contribution in [-0.4, -0.2) is 93.1 Å². The molecule has 1 amide bonds. The smallest absolute Gasteiger partial charge is 0.411 e. The fourth-order valence-electron chi connectivity index (χ4n) is 8.13. The number of rotatable bonds is 20. The van der Waals surface area contributed by atoms with E-state index in [-0.39, 0.29) is 44.8 Å². The Hall–Kier alpha value is -6.54. The molecule has 0 saturated heterocycles. The third-order valence-electron chi connectivity index (χ3n) is 10.8. The predicted octanol–water partition coefficient (Wildman–Crippen LogP) is 6.10. The lowest BCUT2D eigenvalue weighted by molar-refractivity contribution is -0.152. The van der Waals surface area contributed by atoms with Gasteiger partial charge in [-0.2, -0.15) is 0 Å². The molecule has 0 fully saturated rings. The van der Waals surface area contributed by atoms with E-state index in [0.29, 0.717) is 28.7 Å². The first-order valence-corrected chi connectivity index (χ1v) is 19.1. The van der Waals surface area contributed by atoms with Gasteiger partial charge in [0.15, 0.2) is 0 Å². The van der Waals surface area contributed by atoms with Crippen molar-refractivity contribution in [1.82, 2.24) is 10.2 Å². The summed E-state index contributed by atoms with van der Waals surface area (Å²) in [5, 5.41) is 41.6. The highest BCUT2D eigenvalue weighted by molar-refractivity contribution is 5.88. The van der Waals surface area contributed by atoms with Gasteiger partial charge in [-0.1, -0.05) is 97.1 Å². The van der Waals surface area contributed by atoms with Gasteiger partial charge in [0, 0.05) is 25.2 Å². The second-order valence-electron chi connectivity index (χ2n) is 14.3. The van der Waals surface area contributed by atoms with Gasteiger partial charge >= 0.3 is 35.9 Å². The Kier molecular flexibility index (Phi) is 12.9. The van der Waals surface area contributed by atoms with Crippen LogP contribution >= 0.6 is 0 Å². The fourth-order valence-corrected chi connectivity index (χ4v) is 8.13. The molecule has 14 heteroatoms. The molecule has 4 aromatic rings. The second kappa shape index (κ2) is 18.2. The molecule has 2 aliphatic rings. The summed E-state index contributed by atoms with van der Waals surface area (Å²) >= 11 is 0. The van der Waals surface area contributed by atoms with E-state index in [1.807, 2.05) is 60.7 Å². The Morgan fingerprint density at radius 3 is 1.67 bits per heavy atom. The number of nitrogens with zero attached hydrogens (tertiary/aromatic N) is 1. The number of amides is 1. The number of hydrogen-bond acceptors (Lipinski definition) is 9. The summed E-state index contributed by atoms with van der Waals surface area (Å²) in [5.74, 6) is -6.10. The first-order valence-electron chi connectivity index (χ1n) is 19.1. The van der Waals surface area contributed by atoms with E-state index in [0.717, 1.165) is 27.2 Å². The molecule has 58 heavy (non-hydrogen) atoms. The molecule has 0 spiro atoms. The number of carbonyl (C=O) groups is 6. The summed E-state index contributed by atoms with van der Waals surface area (Å²) in [7, 11) is 0. The molecule has 4 aromatic carbocycles. The zero-order chi connectivity index (χ0) is 41.4. The van der Waals surface area contributed by atoms with E-state index < -0.39 is 73.0 Å². The van der Waals surface area contributed by atoms with Crippen molar-refractivity contribution in [3.05, 3.63) is 119 Å². The van der Waals surface area contributed by atoms with E-state index in [4.69, 9.17) is 14.6 Å². The van der Waals surface area contributed by atoms with E-state index >= 15 is 0 Å². The van der Waals surface area contributed by atoms with Gasteiger partial charge in [-0.05, 0) is 76.7 Å². The maximum atomic E-state index is 14.9. The quantitative estimate of drug-likeness (QED) is 0.0506. The van der Waals surface area contributed by atoms with Crippen LogP contribution in [-0.2, 0) is 39.0 Å². The summed E-state index contributed by atoms with van der Waals surface area (Å²) in [5.41, 5.74) is 4.30. The lowest BCUT2D eigenvalue weighted by Gasteiger charge is -2.44. The molecule has 5 N–H and O–H groups in total. The van der Waals surface area contributed by atoms with Gasteiger partial charge in [-0.15, -0.1) is 0 Å².